The molecule has 0 aliphatic carbocycles. The quantitative estimate of drug-likeness (QED) is 0.529. The molecule has 1 heterocycles. The van der Waals surface area contributed by atoms with E-state index in [0.29, 0.717) is 10.7 Å². The highest BCUT2D eigenvalue weighted by atomic mass is 35.5. The van der Waals surface area contributed by atoms with Crippen molar-refractivity contribution in [1.29, 1.82) is 0 Å². The van der Waals surface area contributed by atoms with E-state index in [4.69, 9.17) is 11.6 Å². The van der Waals surface area contributed by atoms with Crippen molar-refractivity contribution in [2.24, 2.45) is 0 Å². The Balaban J connectivity index is 2.18. The van der Waals surface area contributed by atoms with Crippen molar-refractivity contribution >= 4 is 28.1 Å². The lowest BCUT2D eigenvalue weighted by molar-refractivity contribution is -0.384. The number of aromatic nitrogens is 2. The van der Waals surface area contributed by atoms with Gasteiger partial charge in [-0.25, -0.2) is 0 Å². The predicted octanol–water partition coefficient (Wildman–Crippen LogP) is 3.86. The zero-order valence-corrected chi connectivity index (χ0v) is 10.9. The van der Waals surface area contributed by atoms with Crippen molar-refractivity contribution in [1.82, 2.24) is 10.2 Å². The van der Waals surface area contributed by atoms with E-state index in [0.717, 1.165) is 16.3 Å². The van der Waals surface area contributed by atoms with Crippen LogP contribution in [0, 0.1) is 10.1 Å². The number of nitro groups is 1. The summed E-state index contributed by atoms with van der Waals surface area (Å²) in [6.07, 6.45) is 1.65. The average molecular weight is 286 g/mol. The van der Waals surface area contributed by atoms with Gasteiger partial charge in [-0.2, -0.15) is 5.10 Å². The van der Waals surface area contributed by atoms with Gasteiger partial charge in [0.1, 0.15) is 5.69 Å². The van der Waals surface area contributed by atoms with E-state index < -0.39 is 4.92 Å². The van der Waals surface area contributed by atoms with Gasteiger partial charge in [-0.05, 0) is 24.3 Å². The summed E-state index contributed by atoms with van der Waals surface area (Å²) in [6, 6.07) is 11.7. The van der Waals surface area contributed by atoms with Crippen LogP contribution in [0.4, 0.5) is 5.69 Å². The second kappa shape index (κ2) is 4.86. The topological polar surface area (TPSA) is 68.9 Å². The Morgan fingerprint density at radius 2 is 1.85 bits per heavy atom. The van der Waals surface area contributed by atoms with Gasteiger partial charge in [-0.15, -0.1) is 5.10 Å². The van der Waals surface area contributed by atoms with Gasteiger partial charge in [0.2, 0.25) is 0 Å². The number of benzene rings is 2. The standard InChI is InChI=1S/C14H8ClN3O2/c15-11-4-1-10-8-16-17-14(13(10)7-11)9-2-5-12(6-3-9)18(19)20/h1-8H. The summed E-state index contributed by atoms with van der Waals surface area (Å²) in [4.78, 5) is 10.2. The Morgan fingerprint density at radius 3 is 2.55 bits per heavy atom. The molecule has 0 radical (unpaired) electrons. The van der Waals surface area contributed by atoms with Crippen LogP contribution < -0.4 is 0 Å². The Morgan fingerprint density at radius 1 is 1.10 bits per heavy atom. The van der Waals surface area contributed by atoms with E-state index in [1.54, 1.807) is 24.4 Å². The van der Waals surface area contributed by atoms with Crippen molar-refractivity contribution < 1.29 is 4.92 Å². The molecule has 1 aromatic heterocycles. The fraction of sp³-hybridized carbons (Fsp3) is 0. The first kappa shape index (κ1) is 12.5. The van der Waals surface area contributed by atoms with E-state index in [2.05, 4.69) is 10.2 Å². The van der Waals surface area contributed by atoms with Crippen LogP contribution in [-0.2, 0) is 0 Å². The Kier molecular flexibility index (Phi) is 3.04. The van der Waals surface area contributed by atoms with Gasteiger partial charge in [0.15, 0.2) is 0 Å². The third-order valence-electron chi connectivity index (χ3n) is 2.98. The highest BCUT2D eigenvalue weighted by Gasteiger charge is 2.09. The van der Waals surface area contributed by atoms with Crippen LogP contribution in [0.15, 0.2) is 48.7 Å². The van der Waals surface area contributed by atoms with E-state index in [9.17, 15) is 10.1 Å². The highest BCUT2D eigenvalue weighted by molar-refractivity contribution is 6.31. The van der Waals surface area contributed by atoms with Gasteiger partial charge in [-0.1, -0.05) is 17.7 Å². The number of rotatable bonds is 2. The Hall–Kier alpha value is -2.53. The van der Waals surface area contributed by atoms with Crippen LogP contribution in [0.5, 0.6) is 0 Å². The number of halogens is 1. The van der Waals surface area contributed by atoms with Crippen molar-refractivity contribution in [3.05, 3.63) is 63.8 Å². The molecule has 98 valence electrons. The number of fused-ring (bicyclic) bond motifs is 1. The summed E-state index contributed by atoms with van der Waals surface area (Å²) < 4.78 is 0. The second-order valence-electron chi connectivity index (χ2n) is 4.23. The largest absolute Gasteiger partial charge is 0.269 e. The third-order valence-corrected chi connectivity index (χ3v) is 3.21. The molecule has 0 fully saturated rings. The average Bonchev–Trinajstić information content (AvgIpc) is 2.46. The van der Waals surface area contributed by atoms with Gasteiger partial charge in [-0.3, -0.25) is 10.1 Å². The zero-order chi connectivity index (χ0) is 14.1. The molecule has 0 N–H and O–H groups in total. The van der Waals surface area contributed by atoms with Gasteiger partial charge in [0, 0.05) is 33.5 Å². The fourth-order valence-electron chi connectivity index (χ4n) is 2.00. The fourth-order valence-corrected chi connectivity index (χ4v) is 2.18. The monoisotopic (exact) mass is 285 g/mol. The molecule has 0 bridgehead atoms. The van der Waals surface area contributed by atoms with Crippen LogP contribution in [-0.4, -0.2) is 15.1 Å². The minimum absolute atomic E-state index is 0.0416. The van der Waals surface area contributed by atoms with E-state index in [-0.39, 0.29) is 5.69 Å². The molecule has 3 rings (SSSR count). The molecule has 5 nitrogen and oxygen atoms in total. The molecule has 0 aliphatic heterocycles. The molecule has 0 atom stereocenters. The second-order valence-corrected chi connectivity index (χ2v) is 4.67. The SMILES string of the molecule is O=[N+]([O-])c1ccc(-c2nncc3ccc(Cl)cc23)cc1. The molecule has 0 aliphatic rings. The lowest BCUT2D eigenvalue weighted by Crippen LogP contribution is -1.91. The smallest absolute Gasteiger partial charge is 0.258 e. The maximum absolute atomic E-state index is 10.7. The third kappa shape index (κ3) is 2.19. The minimum atomic E-state index is -0.435. The number of non-ortho nitro benzene ring substituents is 1. The minimum Gasteiger partial charge on any atom is -0.258 e. The van der Waals surface area contributed by atoms with E-state index in [1.807, 2.05) is 12.1 Å². The normalized spacial score (nSPS) is 10.7. The van der Waals surface area contributed by atoms with Crippen LogP contribution >= 0.6 is 11.6 Å². The molecule has 2 aromatic carbocycles. The molecule has 20 heavy (non-hydrogen) atoms. The maximum Gasteiger partial charge on any atom is 0.269 e. The van der Waals surface area contributed by atoms with E-state index in [1.165, 1.54) is 12.1 Å². The first-order chi connectivity index (χ1) is 9.65. The number of hydrogen-bond acceptors (Lipinski definition) is 4. The Bertz CT molecular complexity index is 803. The molecule has 0 spiro atoms. The van der Waals surface area contributed by atoms with E-state index >= 15 is 0 Å². The van der Waals surface area contributed by atoms with Crippen molar-refractivity contribution in [3.63, 3.8) is 0 Å². The number of nitrogens with zero attached hydrogens (tertiary/aromatic N) is 3. The first-order valence-corrected chi connectivity index (χ1v) is 6.19. The molecular weight excluding hydrogens is 278 g/mol. The highest BCUT2D eigenvalue weighted by Crippen LogP contribution is 2.28. The molecule has 0 unspecified atom stereocenters. The van der Waals surface area contributed by atoms with Crippen LogP contribution in [0.2, 0.25) is 5.02 Å². The predicted molar refractivity (Wildman–Crippen MR) is 76.6 cm³/mol. The Labute approximate surface area is 119 Å². The summed E-state index contributed by atoms with van der Waals surface area (Å²) in [7, 11) is 0. The molecule has 0 amide bonds. The summed E-state index contributed by atoms with van der Waals surface area (Å²) in [5.41, 5.74) is 1.45. The van der Waals surface area contributed by atoms with Crippen molar-refractivity contribution in [2.75, 3.05) is 0 Å². The van der Waals surface area contributed by atoms with Gasteiger partial charge >= 0.3 is 0 Å². The molecule has 6 heteroatoms. The van der Waals surface area contributed by atoms with Crippen LogP contribution in [0.1, 0.15) is 0 Å². The summed E-state index contributed by atoms with van der Waals surface area (Å²) in [5.74, 6) is 0. The maximum atomic E-state index is 10.7. The molecule has 0 saturated carbocycles. The lowest BCUT2D eigenvalue weighted by atomic mass is 10.1. The van der Waals surface area contributed by atoms with Gasteiger partial charge in [0.25, 0.3) is 5.69 Å². The van der Waals surface area contributed by atoms with Crippen molar-refractivity contribution in [2.45, 2.75) is 0 Å². The zero-order valence-electron chi connectivity index (χ0n) is 10.2. The lowest BCUT2D eigenvalue weighted by Gasteiger charge is -2.05. The van der Waals surface area contributed by atoms with Gasteiger partial charge in [0.05, 0.1) is 11.1 Å². The summed E-state index contributed by atoms with van der Waals surface area (Å²) >= 11 is 6.01. The van der Waals surface area contributed by atoms with Crippen LogP contribution in [0.25, 0.3) is 22.0 Å². The summed E-state index contributed by atoms with van der Waals surface area (Å²) in [6.45, 7) is 0. The van der Waals surface area contributed by atoms with Crippen LogP contribution in [0.3, 0.4) is 0 Å². The van der Waals surface area contributed by atoms with Crippen molar-refractivity contribution in [3.8, 4) is 11.3 Å². The molecular formula is C14H8ClN3O2. The summed E-state index contributed by atoms with van der Waals surface area (Å²) in [5, 5.41) is 21.1. The number of hydrogen-bond donors (Lipinski definition) is 0. The first-order valence-electron chi connectivity index (χ1n) is 5.81. The molecule has 0 saturated heterocycles. The molecule has 3 aromatic rings. The number of nitro benzene ring substituents is 1. The van der Waals surface area contributed by atoms with Gasteiger partial charge < -0.3 is 0 Å².